The quantitative estimate of drug-likeness (QED) is 0.828. The summed E-state index contributed by atoms with van der Waals surface area (Å²) in [6.45, 7) is 0. The van der Waals surface area contributed by atoms with Gasteiger partial charge in [0, 0.05) is 35.1 Å². The predicted molar refractivity (Wildman–Crippen MR) is 87.0 cm³/mol. The monoisotopic (exact) mass is 375 g/mol. The van der Waals surface area contributed by atoms with E-state index >= 15 is 0 Å². The highest BCUT2D eigenvalue weighted by atomic mass is 79.9. The zero-order valence-electron chi connectivity index (χ0n) is 12.1. The Kier molecular flexibility index (Phi) is 3.65. The Morgan fingerprint density at radius 1 is 1.13 bits per heavy atom. The minimum absolute atomic E-state index is 0.155. The van der Waals surface area contributed by atoms with E-state index in [0.29, 0.717) is 0 Å². The standard InChI is InChI=1S/C16H14BrN3O3/c17-10-3-1-9(2-4-10)12-7-18-8-19-15(12)20-11-5-13-14(6-11)23-16(21)22-13/h1-4,7-8,11,13-14H,5-6H2,(H,18,19,20)/t11?,13-,14+. The van der Waals surface area contributed by atoms with Crippen LogP contribution in [-0.4, -0.2) is 34.4 Å². The molecule has 1 N–H and O–H groups in total. The second-order valence-electron chi connectivity index (χ2n) is 5.67. The number of carbonyl (C=O) groups excluding carboxylic acids is 1. The van der Waals surface area contributed by atoms with E-state index in [1.54, 1.807) is 6.20 Å². The molecular formula is C16H14BrN3O3. The highest BCUT2D eigenvalue weighted by Crippen LogP contribution is 2.34. The first-order valence-electron chi connectivity index (χ1n) is 7.39. The van der Waals surface area contributed by atoms with Gasteiger partial charge in [-0.1, -0.05) is 28.1 Å². The number of hydrogen-bond donors (Lipinski definition) is 1. The van der Waals surface area contributed by atoms with Gasteiger partial charge in [0.25, 0.3) is 0 Å². The highest BCUT2D eigenvalue weighted by molar-refractivity contribution is 9.10. The lowest BCUT2D eigenvalue weighted by molar-refractivity contribution is 0.109. The third kappa shape index (κ3) is 2.88. The molecule has 1 aromatic heterocycles. The summed E-state index contributed by atoms with van der Waals surface area (Å²) in [6.07, 6.45) is 3.90. The summed E-state index contributed by atoms with van der Waals surface area (Å²) in [5, 5.41) is 3.43. The van der Waals surface area contributed by atoms with Crippen LogP contribution in [0.3, 0.4) is 0 Å². The van der Waals surface area contributed by atoms with E-state index in [1.807, 2.05) is 24.3 Å². The van der Waals surface area contributed by atoms with E-state index in [-0.39, 0.29) is 18.2 Å². The van der Waals surface area contributed by atoms with Gasteiger partial charge < -0.3 is 14.8 Å². The van der Waals surface area contributed by atoms with Gasteiger partial charge in [-0.05, 0) is 17.7 Å². The molecule has 2 aromatic rings. The van der Waals surface area contributed by atoms with Crippen LogP contribution < -0.4 is 5.32 Å². The maximum Gasteiger partial charge on any atom is 0.509 e. The number of ether oxygens (including phenoxy) is 2. The normalized spacial score (nSPS) is 25.6. The molecule has 1 saturated carbocycles. The zero-order valence-corrected chi connectivity index (χ0v) is 13.7. The van der Waals surface area contributed by atoms with Crippen molar-refractivity contribution in [3.63, 3.8) is 0 Å². The number of hydrogen-bond acceptors (Lipinski definition) is 6. The molecule has 0 amide bonds. The van der Waals surface area contributed by atoms with Crippen LogP contribution in [0, 0.1) is 0 Å². The fourth-order valence-electron chi connectivity index (χ4n) is 3.08. The fourth-order valence-corrected chi connectivity index (χ4v) is 3.34. The number of fused-ring (bicyclic) bond motifs is 1. The number of nitrogens with one attached hydrogen (secondary N) is 1. The third-order valence-electron chi connectivity index (χ3n) is 4.15. The van der Waals surface area contributed by atoms with E-state index in [9.17, 15) is 4.79 Å². The van der Waals surface area contributed by atoms with Crippen molar-refractivity contribution in [3.05, 3.63) is 41.3 Å². The largest absolute Gasteiger partial charge is 0.509 e. The minimum Gasteiger partial charge on any atom is -0.427 e. The van der Waals surface area contributed by atoms with Gasteiger partial charge in [-0.2, -0.15) is 0 Å². The lowest BCUT2D eigenvalue weighted by Crippen LogP contribution is -2.20. The Morgan fingerprint density at radius 2 is 1.83 bits per heavy atom. The average Bonchev–Trinajstić information content (AvgIpc) is 3.05. The molecule has 118 valence electrons. The van der Waals surface area contributed by atoms with E-state index in [2.05, 4.69) is 31.2 Å². The molecule has 2 heterocycles. The number of carbonyl (C=O) groups is 1. The predicted octanol–water partition coefficient (Wildman–Crippen LogP) is 3.38. The Balaban J connectivity index is 1.54. The lowest BCUT2D eigenvalue weighted by Gasteiger charge is -2.16. The van der Waals surface area contributed by atoms with Gasteiger partial charge in [0.2, 0.25) is 0 Å². The van der Waals surface area contributed by atoms with Crippen LogP contribution in [0.25, 0.3) is 11.1 Å². The zero-order chi connectivity index (χ0) is 15.8. The molecule has 23 heavy (non-hydrogen) atoms. The minimum atomic E-state index is -0.559. The average molecular weight is 376 g/mol. The molecule has 1 unspecified atom stereocenters. The first kappa shape index (κ1) is 14.4. The Morgan fingerprint density at radius 3 is 2.52 bits per heavy atom. The second-order valence-corrected chi connectivity index (χ2v) is 6.58. The molecule has 0 bridgehead atoms. The topological polar surface area (TPSA) is 73.3 Å². The number of halogens is 1. The van der Waals surface area contributed by atoms with Gasteiger partial charge >= 0.3 is 6.16 Å². The van der Waals surface area contributed by atoms with Crippen LogP contribution in [0.2, 0.25) is 0 Å². The van der Waals surface area contributed by atoms with Crippen LogP contribution in [0.15, 0.2) is 41.3 Å². The summed E-state index contributed by atoms with van der Waals surface area (Å²) in [5.41, 5.74) is 1.98. The Bertz CT molecular complexity index is 722. The van der Waals surface area contributed by atoms with Crippen molar-refractivity contribution in [1.82, 2.24) is 9.97 Å². The first-order valence-corrected chi connectivity index (χ1v) is 8.18. The number of aromatic nitrogens is 2. The number of nitrogens with zero attached hydrogens (tertiary/aromatic N) is 2. The van der Waals surface area contributed by atoms with Crippen molar-refractivity contribution >= 4 is 27.9 Å². The van der Waals surface area contributed by atoms with Gasteiger partial charge in [-0.3, -0.25) is 0 Å². The summed E-state index contributed by atoms with van der Waals surface area (Å²) >= 11 is 3.44. The van der Waals surface area contributed by atoms with E-state index in [0.717, 1.165) is 34.3 Å². The summed E-state index contributed by atoms with van der Waals surface area (Å²) in [5.74, 6) is 0.777. The van der Waals surface area contributed by atoms with Crippen molar-refractivity contribution in [2.45, 2.75) is 31.1 Å². The van der Waals surface area contributed by atoms with Crippen molar-refractivity contribution in [2.24, 2.45) is 0 Å². The Hall–Kier alpha value is -2.15. The lowest BCUT2D eigenvalue weighted by atomic mass is 10.1. The van der Waals surface area contributed by atoms with Gasteiger partial charge in [-0.25, -0.2) is 14.8 Å². The van der Waals surface area contributed by atoms with Crippen molar-refractivity contribution < 1.29 is 14.3 Å². The maximum atomic E-state index is 11.1. The molecule has 0 radical (unpaired) electrons. The third-order valence-corrected chi connectivity index (χ3v) is 4.68. The van der Waals surface area contributed by atoms with E-state index < -0.39 is 6.16 Å². The SMILES string of the molecule is O=C1O[C@H]2CC(Nc3ncncc3-c3ccc(Br)cc3)C[C@H]2O1. The number of rotatable bonds is 3. The maximum absolute atomic E-state index is 11.1. The molecule has 0 spiro atoms. The number of anilines is 1. The fraction of sp³-hybridized carbons (Fsp3) is 0.312. The van der Waals surface area contributed by atoms with Gasteiger partial charge in [0.05, 0.1) is 0 Å². The summed E-state index contributed by atoms with van der Waals surface area (Å²) < 4.78 is 11.3. The van der Waals surface area contributed by atoms with Gasteiger partial charge in [0.15, 0.2) is 0 Å². The second kappa shape index (κ2) is 5.81. The summed E-state index contributed by atoms with van der Waals surface area (Å²) in [7, 11) is 0. The molecule has 6 nitrogen and oxygen atoms in total. The molecular weight excluding hydrogens is 362 g/mol. The van der Waals surface area contributed by atoms with E-state index in [4.69, 9.17) is 9.47 Å². The smallest absolute Gasteiger partial charge is 0.427 e. The van der Waals surface area contributed by atoms with Gasteiger partial charge in [0.1, 0.15) is 24.4 Å². The van der Waals surface area contributed by atoms with Crippen molar-refractivity contribution in [1.29, 1.82) is 0 Å². The summed E-state index contributed by atoms with van der Waals surface area (Å²) in [6, 6.07) is 8.16. The first-order chi connectivity index (χ1) is 11.2. The number of benzene rings is 1. The summed E-state index contributed by atoms with van der Waals surface area (Å²) in [4.78, 5) is 19.6. The Labute approximate surface area is 141 Å². The van der Waals surface area contributed by atoms with Crippen LogP contribution >= 0.6 is 15.9 Å². The molecule has 2 fully saturated rings. The molecule has 1 aromatic carbocycles. The molecule has 1 aliphatic heterocycles. The molecule has 1 aliphatic carbocycles. The van der Waals surface area contributed by atoms with Crippen molar-refractivity contribution in [3.8, 4) is 11.1 Å². The van der Waals surface area contributed by atoms with Crippen LogP contribution in [0.1, 0.15) is 12.8 Å². The molecule has 1 saturated heterocycles. The molecule has 2 aliphatic rings. The molecule has 3 atom stereocenters. The molecule has 4 rings (SSSR count). The van der Waals surface area contributed by atoms with Crippen LogP contribution in [0.4, 0.5) is 10.6 Å². The highest BCUT2D eigenvalue weighted by Gasteiger charge is 2.45. The van der Waals surface area contributed by atoms with Crippen molar-refractivity contribution in [2.75, 3.05) is 5.32 Å². The van der Waals surface area contributed by atoms with E-state index in [1.165, 1.54) is 6.33 Å². The van der Waals surface area contributed by atoms with Gasteiger partial charge in [-0.15, -0.1) is 0 Å². The van der Waals surface area contributed by atoms with Crippen LogP contribution in [0.5, 0.6) is 0 Å². The van der Waals surface area contributed by atoms with Crippen LogP contribution in [-0.2, 0) is 9.47 Å². The molecule has 7 heteroatoms.